The highest BCUT2D eigenvalue weighted by atomic mass is 16.2. The molecule has 26 heavy (non-hydrogen) atoms. The zero-order valence-electron chi connectivity index (χ0n) is 15.8. The fourth-order valence-corrected chi connectivity index (χ4v) is 3.84. The molecule has 0 bridgehead atoms. The molecule has 0 radical (unpaired) electrons. The van der Waals surface area contributed by atoms with Crippen molar-refractivity contribution in [3.63, 3.8) is 0 Å². The van der Waals surface area contributed by atoms with Crippen LogP contribution in [-0.4, -0.2) is 37.0 Å². The lowest BCUT2D eigenvalue weighted by atomic mass is 9.96. The van der Waals surface area contributed by atoms with Crippen molar-refractivity contribution in [1.82, 2.24) is 4.90 Å². The second-order valence-electron chi connectivity index (χ2n) is 7.24. The number of piperidine rings is 1. The van der Waals surface area contributed by atoms with E-state index in [0.717, 1.165) is 31.7 Å². The second kappa shape index (κ2) is 9.54. The number of amides is 1. The van der Waals surface area contributed by atoms with E-state index in [-0.39, 0.29) is 5.91 Å². The van der Waals surface area contributed by atoms with Crippen LogP contribution in [0, 0.1) is 5.92 Å². The molecule has 1 fully saturated rings. The Bertz CT molecular complexity index is 671. The maximum atomic E-state index is 12.5. The summed E-state index contributed by atoms with van der Waals surface area (Å²) in [5.74, 6) is 0.771. The predicted molar refractivity (Wildman–Crippen MR) is 108 cm³/mol. The first-order valence-corrected chi connectivity index (χ1v) is 9.88. The van der Waals surface area contributed by atoms with E-state index in [9.17, 15) is 4.79 Å². The smallest absolute Gasteiger partial charge is 0.226 e. The van der Waals surface area contributed by atoms with Crippen molar-refractivity contribution in [3.05, 3.63) is 66.2 Å². The first-order valence-electron chi connectivity index (χ1n) is 9.88. The summed E-state index contributed by atoms with van der Waals surface area (Å²) >= 11 is 0. The van der Waals surface area contributed by atoms with Gasteiger partial charge in [-0.25, -0.2) is 0 Å². The Morgan fingerprint density at radius 3 is 2.46 bits per heavy atom. The van der Waals surface area contributed by atoms with E-state index in [2.05, 4.69) is 35.2 Å². The van der Waals surface area contributed by atoms with Crippen LogP contribution >= 0.6 is 0 Å². The van der Waals surface area contributed by atoms with Gasteiger partial charge >= 0.3 is 0 Å². The van der Waals surface area contributed by atoms with Gasteiger partial charge in [0.15, 0.2) is 0 Å². The summed E-state index contributed by atoms with van der Waals surface area (Å²) in [4.78, 5) is 17.1. The van der Waals surface area contributed by atoms with E-state index >= 15 is 0 Å². The number of hydrogen-bond acceptors (Lipinski definition) is 2. The molecule has 3 rings (SSSR count). The molecular weight excluding hydrogens is 320 g/mol. The number of hydrogen-bond donors (Lipinski definition) is 0. The van der Waals surface area contributed by atoms with Gasteiger partial charge in [0.1, 0.15) is 0 Å². The SMILES string of the molecule is CCC(=O)N(C[C@@H]1CCCN(CCc2ccccc2)C1)c1ccccc1. The number of nitrogens with zero attached hydrogens (tertiary/aromatic N) is 2. The van der Waals surface area contributed by atoms with Crippen molar-refractivity contribution in [2.45, 2.75) is 32.6 Å². The molecule has 1 amide bonds. The average Bonchev–Trinajstić information content (AvgIpc) is 2.72. The highest BCUT2D eigenvalue weighted by molar-refractivity contribution is 5.93. The molecule has 1 aliphatic heterocycles. The summed E-state index contributed by atoms with van der Waals surface area (Å²) in [6.45, 7) is 6.15. The van der Waals surface area contributed by atoms with Crippen molar-refractivity contribution in [2.75, 3.05) is 31.1 Å². The third-order valence-electron chi connectivity index (χ3n) is 5.27. The minimum atomic E-state index is 0.220. The fraction of sp³-hybridized carbons (Fsp3) is 0.435. The predicted octanol–water partition coefficient (Wildman–Crippen LogP) is 4.38. The van der Waals surface area contributed by atoms with Gasteiger partial charge in [0.25, 0.3) is 0 Å². The van der Waals surface area contributed by atoms with E-state index in [1.54, 1.807) is 0 Å². The Balaban J connectivity index is 1.58. The van der Waals surface area contributed by atoms with Gasteiger partial charge in [-0.15, -0.1) is 0 Å². The molecule has 1 saturated heterocycles. The van der Waals surface area contributed by atoms with Crippen molar-refractivity contribution in [3.8, 4) is 0 Å². The van der Waals surface area contributed by atoms with Crippen LogP contribution in [0.15, 0.2) is 60.7 Å². The van der Waals surface area contributed by atoms with Crippen LogP contribution in [0.1, 0.15) is 31.7 Å². The monoisotopic (exact) mass is 350 g/mol. The van der Waals surface area contributed by atoms with Crippen molar-refractivity contribution >= 4 is 11.6 Å². The van der Waals surface area contributed by atoms with Gasteiger partial charge < -0.3 is 9.80 Å². The molecule has 0 aromatic heterocycles. The number of rotatable bonds is 7. The first-order chi connectivity index (χ1) is 12.8. The van der Waals surface area contributed by atoms with Gasteiger partial charge in [-0.05, 0) is 49.4 Å². The molecule has 0 spiro atoms. The normalized spacial score (nSPS) is 17.8. The summed E-state index contributed by atoms with van der Waals surface area (Å²) in [5, 5.41) is 0. The Kier molecular flexibility index (Phi) is 6.84. The lowest BCUT2D eigenvalue weighted by Gasteiger charge is -2.35. The van der Waals surface area contributed by atoms with Crippen molar-refractivity contribution < 1.29 is 4.79 Å². The number of para-hydroxylation sites is 1. The van der Waals surface area contributed by atoms with Crippen molar-refractivity contribution in [1.29, 1.82) is 0 Å². The summed E-state index contributed by atoms with van der Waals surface area (Å²) in [6.07, 6.45) is 4.09. The molecule has 2 aromatic rings. The Labute approximate surface area is 157 Å². The largest absolute Gasteiger partial charge is 0.312 e. The molecule has 0 aliphatic carbocycles. The Morgan fingerprint density at radius 1 is 1.08 bits per heavy atom. The van der Waals surface area contributed by atoms with Gasteiger partial charge in [-0.2, -0.15) is 0 Å². The molecule has 2 aromatic carbocycles. The van der Waals surface area contributed by atoms with E-state index in [1.807, 2.05) is 42.2 Å². The van der Waals surface area contributed by atoms with Crippen LogP contribution in [0.5, 0.6) is 0 Å². The molecule has 3 heteroatoms. The molecule has 1 heterocycles. The second-order valence-corrected chi connectivity index (χ2v) is 7.24. The molecule has 0 saturated carbocycles. The number of anilines is 1. The maximum absolute atomic E-state index is 12.5. The molecule has 1 atom stereocenters. The molecule has 0 unspecified atom stereocenters. The minimum Gasteiger partial charge on any atom is -0.312 e. The van der Waals surface area contributed by atoms with Gasteiger partial charge in [0.05, 0.1) is 0 Å². The Hall–Kier alpha value is -2.13. The highest BCUT2D eigenvalue weighted by Crippen LogP contribution is 2.22. The summed E-state index contributed by atoms with van der Waals surface area (Å²) in [7, 11) is 0. The Morgan fingerprint density at radius 2 is 1.77 bits per heavy atom. The lowest BCUT2D eigenvalue weighted by Crippen LogP contribution is -2.43. The molecule has 138 valence electrons. The first kappa shape index (κ1) is 18.7. The third kappa shape index (κ3) is 5.18. The van der Waals surface area contributed by atoms with Crippen LogP contribution in [0.3, 0.4) is 0 Å². The van der Waals surface area contributed by atoms with Crippen LogP contribution in [0.2, 0.25) is 0 Å². The fourth-order valence-electron chi connectivity index (χ4n) is 3.84. The average molecular weight is 351 g/mol. The van der Waals surface area contributed by atoms with Gasteiger partial charge in [-0.1, -0.05) is 55.5 Å². The third-order valence-corrected chi connectivity index (χ3v) is 5.27. The lowest BCUT2D eigenvalue weighted by molar-refractivity contribution is -0.118. The molecule has 0 N–H and O–H groups in total. The van der Waals surface area contributed by atoms with E-state index in [1.165, 1.54) is 24.9 Å². The summed E-state index contributed by atoms with van der Waals surface area (Å²) in [6, 6.07) is 20.8. The van der Waals surface area contributed by atoms with E-state index < -0.39 is 0 Å². The quantitative estimate of drug-likeness (QED) is 0.740. The molecular formula is C23H30N2O. The molecule has 3 nitrogen and oxygen atoms in total. The van der Waals surface area contributed by atoms with E-state index in [0.29, 0.717) is 12.3 Å². The standard InChI is InChI=1S/C23H30N2O/c1-2-23(26)25(22-13-7-4-8-14-22)19-21-12-9-16-24(18-21)17-15-20-10-5-3-6-11-20/h3-8,10-11,13-14,21H,2,9,12,15-19H2,1H3/t21-/m1/s1. The summed E-state index contributed by atoms with van der Waals surface area (Å²) < 4.78 is 0. The van der Waals surface area contributed by atoms with Gasteiger partial charge in [0, 0.05) is 31.7 Å². The number of benzene rings is 2. The van der Waals surface area contributed by atoms with Crippen LogP contribution < -0.4 is 4.90 Å². The van der Waals surface area contributed by atoms with Gasteiger partial charge in [-0.3, -0.25) is 4.79 Å². The maximum Gasteiger partial charge on any atom is 0.226 e. The van der Waals surface area contributed by atoms with Gasteiger partial charge in [0.2, 0.25) is 5.91 Å². The number of carbonyl (C=O) groups excluding carboxylic acids is 1. The minimum absolute atomic E-state index is 0.220. The van der Waals surface area contributed by atoms with Crippen molar-refractivity contribution in [2.24, 2.45) is 5.92 Å². The van der Waals surface area contributed by atoms with Crippen LogP contribution in [-0.2, 0) is 11.2 Å². The van der Waals surface area contributed by atoms with Crippen LogP contribution in [0.4, 0.5) is 5.69 Å². The zero-order valence-corrected chi connectivity index (χ0v) is 15.8. The summed E-state index contributed by atoms with van der Waals surface area (Å²) in [5.41, 5.74) is 2.43. The molecule has 1 aliphatic rings. The highest BCUT2D eigenvalue weighted by Gasteiger charge is 2.24. The number of carbonyl (C=O) groups is 1. The van der Waals surface area contributed by atoms with Crippen LogP contribution in [0.25, 0.3) is 0 Å². The van der Waals surface area contributed by atoms with E-state index in [4.69, 9.17) is 0 Å². The zero-order chi connectivity index (χ0) is 18.2. The number of likely N-dealkylation sites (tertiary alicyclic amines) is 1. The topological polar surface area (TPSA) is 23.6 Å².